The summed E-state index contributed by atoms with van der Waals surface area (Å²) < 4.78 is 48.4. The second-order valence-corrected chi connectivity index (χ2v) is 10.00. The number of nitrogens with zero attached hydrogens (tertiary/aromatic N) is 1. The van der Waals surface area contributed by atoms with Crippen LogP contribution < -0.4 is 9.47 Å². The van der Waals surface area contributed by atoms with Crippen LogP contribution in [0, 0.1) is 23.5 Å². The number of carbonyl (C=O) groups is 3. The van der Waals surface area contributed by atoms with E-state index in [0.717, 1.165) is 0 Å². The lowest BCUT2D eigenvalue weighted by Gasteiger charge is -2.26. The number of Topliss-reactive ketones (excluding diaryl/α,β-unsaturated/α-hetero) is 1. The first-order valence-electron chi connectivity index (χ1n) is 13.1. The van der Waals surface area contributed by atoms with Crippen molar-refractivity contribution >= 4 is 17.9 Å². The third-order valence-electron chi connectivity index (χ3n) is 6.20. The van der Waals surface area contributed by atoms with E-state index in [1.807, 2.05) is 13.8 Å². The Bertz CT molecular complexity index is 1300. The lowest BCUT2D eigenvalue weighted by atomic mass is 9.87. The standard InChI is InChI=1S/C31H33F2NO7/c1-18(2)17-39-31(37)41-29-26(38-5)14-15-34-28(29)25(35)16-19(3)30(36)40-20(4)27(21-6-10-23(32)11-7-21)22-8-12-24(33)13-9-22/h6-15,18-20,27H,16-17H2,1-5H3/t19-,20+/m1/s1. The van der Waals surface area contributed by atoms with Gasteiger partial charge in [-0.1, -0.05) is 45.0 Å². The smallest absolute Gasteiger partial charge is 0.493 e. The van der Waals surface area contributed by atoms with Crippen molar-refractivity contribution in [3.8, 4) is 11.5 Å². The van der Waals surface area contributed by atoms with Crippen molar-refractivity contribution in [1.29, 1.82) is 0 Å². The van der Waals surface area contributed by atoms with E-state index in [0.29, 0.717) is 11.1 Å². The first-order valence-corrected chi connectivity index (χ1v) is 13.1. The molecule has 0 aliphatic rings. The first-order chi connectivity index (χ1) is 19.5. The van der Waals surface area contributed by atoms with Gasteiger partial charge in [-0.2, -0.15) is 0 Å². The van der Waals surface area contributed by atoms with Gasteiger partial charge in [-0.15, -0.1) is 0 Å². The van der Waals surface area contributed by atoms with Gasteiger partial charge in [-0.25, -0.2) is 18.6 Å². The summed E-state index contributed by atoms with van der Waals surface area (Å²) in [5.41, 5.74) is 1.12. The molecule has 0 saturated carbocycles. The lowest BCUT2D eigenvalue weighted by Crippen LogP contribution is -2.28. The minimum Gasteiger partial charge on any atom is -0.493 e. The van der Waals surface area contributed by atoms with Gasteiger partial charge in [0.05, 0.1) is 19.6 Å². The third-order valence-corrected chi connectivity index (χ3v) is 6.20. The van der Waals surface area contributed by atoms with Crippen LogP contribution in [0.25, 0.3) is 0 Å². The van der Waals surface area contributed by atoms with Crippen LogP contribution in [-0.2, 0) is 14.3 Å². The van der Waals surface area contributed by atoms with Crippen molar-refractivity contribution < 1.29 is 42.1 Å². The topological polar surface area (TPSA) is 101 Å². The van der Waals surface area contributed by atoms with E-state index in [-0.39, 0.29) is 36.1 Å². The van der Waals surface area contributed by atoms with E-state index in [9.17, 15) is 23.2 Å². The highest BCUT2D eigenvalue weighted by atomic mass is 19.1. The molecule has 0 unspecified atom stereocenters. The van der Waals surface area contributed by atoms with Gasteiger partial charge >= 0.3 is 12.1 Å². The van der Waals surface area contributed by atoms with Crippen LogP contribution in [0.15, 0.2) is 60.8 Å². The number of ketones is 1. The molecule has 3 aromatic rings. The molecule has 0 radical (unpaired) electrons. The Morgan fingerprint density at radius 3 is 1.93 bits per heavy atom. The minimum absolute atomic E-state index is 0.0689. The zero-order chi connectivity index (χ0) is 30.1. The summed E-state index contributed by atoms with van der Waals surface area (Å²) in [4.78, 5) is 42.5. The van der Waals surface area contributed by atoms with Crippen molar-refractivity contribution in [2.45, 2.75) is 46.1 Å². The zero-order valence-corrected chi connectivity index (χ0v) is 23.6. The van der Waals surface area contributed by atoms with Crippen molar-refractivity contribution in [2.24, 2.45) is 11.8 Å². The molecule has 0 fully saturated rings. The largest absolute Gasteiger partial charge is 0.514 e. The summed E-state index contributed by atoms with van der Waals surface area (Å²) in [6.07, 6.45) is -0.756. The number of halogens is 2. The van der Waals surface area contributed by atoms with Crippen LogP contribution in [0.2, 0.25) is 0 Å². The molecule has 0 aliphatic heterocycles. The molecule has 8 nitrogen and oxygen atoms in total. The summed E-state index contributed by atoms with van der Waals surface area (Å²) in [5.74, 6) is -3.58. The zero-order valence-electron chi connectivity index (χ0n) is 23.6. The van der Waals surface area contributed by atoms with Crippen LogP contribution in [0.1, 0.15) is 61.6 Å². The molecule has 0 N–H and O–H groups in total. The number of benzene rings is 2. The quantitative estimate of drug-likeness (QED) is 0.180. The Kier molecular flexibility index (Phi) is 10.9. The Morgan fingerprint density at radius 1 is 0.854 bits per heavy atom. The molecule has 0 aliphatic carbocycles. The average molecular weight is 570 g/mol. The SMILES string of the molecule is COc1ccnc(C(=O)C[C@@H](C)C(=O)O[C@@H](C)C(c2ccc(F)cc2)c2ccc(F)cc2)c1OC(=O)OCC(C)C. The Hall–Kier alpha value is -4.34. The van der Waals surface area contributed by atoms with E-state index < -0.39 is 47.5 Å². The predicted molar refractivity (Wildman–Crippen MR) is 146 cm³/mol. The van der Waals surface area contributed by atoms with E-state index in [2.05, 4.69) is 4.98 Å². The maximum Gasteiger partial charge on any atom is 0.514 e. The number of ether oxygens (including phenoxy) is 4. The molecule has 0 amide bonds. The monoisotopic (exact) mass is 569 g/mol. The number of hydrogen-bond donors (Lipinski definition) is 0. The molecule has 2 atom stereocenters. The van der Waals surface area contributed by atoms with Gasteiger partial charge in [0, 0.05) is 24.6 Å². The van der Waals surface area contributed by atoms with Crippen LogP contribution in [0.3, 0.4) is 0 Å². The summed E-state index contributed by atoms with van der Waals surface area (Å²) in [6.45, 7) is 7.02. The highest BCUT2D eigenvalue weighted by Gasteiger charge is 2.30. The minimum atomic E-state index is -1.02. The second kappa shape index (κ2) is 14.3. The summed E-state index contributed by atoms with van der Waals surface area (Å²) in [6, 6.07) is 12.9. The van der Waals surface area contributed by atoms with Crippen LogP contribution in [0.5, 0.6) is 11.5 Å². The van der Waals surface area contributed by atoms with Gasteiger partial charge in [-0.05, 0) is 48.2 Å². The summed E-state index contributed by atoms with van der Waals surface area (Å²) in [7, 11) is 1.34. The average Bonchev–Trinajstić information content (AvgIpc) is 2.94. The number of aromatic nitrogens is 1. The maximum absolute atomic E-state index is 13.6. The number of hydrogen-bond acceptors (Lipinski definition) is 8. The fraction of sp³-hybridized carbons (Fsp3) is 0.355. The van der Waals surface area contributed by atoms with Gasteiger partial charge in [-0.3, -0.25) is 9.59 Å². The maximum atomic E-state index is 13.6. The van der Waals surface area contributed by atoms with Crippen molar-refractivity contribution in [2.75, 3.05) is 13.7 Å². The van der Waals surface area contributed by atoms with Crippen molar-refractivity contribution in [1.82, 2.24) is 4.98 Å². The number of carbonyl (C=O) groups excluding carboxylic acids is 3. The predicted octanol–water partition coefficient (Wildman–Crippen LogP) is 6.51. The van der Waals surface area contributed by atoms with E-state index in [1.165, 1.54) is 50.6 Å². The fourth-order valence-electron chi connectivity index (χ4n) is 4.14. The van der Waals surface area contributed by atoms with E-state index in [1.54, 1.807) is 31.2 Å². The number of esters is 1. The molecular formula is C31H33F2NO7. The summed E-state index contributed by atoms with van der Waals surface area (Å²) >= 11 is 0. The Balaban J connectivity index is 1.76. The highest BCUT2D eigenvalue weighted by molar-refractivity contribution is 5.99. The normalized spacial score (nSPS) is 12.5. The second-order valence-electron chi connectivity index (χ2n) is 10.00. The van der Waals surface area contributed by atoms with E-state index in [4.69, 9.17) is 18.9 Å². The van der Waals surface area contributed by atoms with Crippen LogP contribution >= 0.6 is 0 Å². The van der Waals surface area contributed by atoms with Crippen LogP contribution in [0.4, 0.5) is 13.6 Å². The van der Waals surface area contributed by atoms with E-state index >= 15 is 0 Å². The molecular weight excluding hydrogens is 536 g/mol. The van der Waals surface area contributed by atoms with Gasteiger partial charge < -0.3 is 18.9 Å². The molecule has 0 spiro atoms. The number of pyridine rings is 1. The molecule has 10 heteroatoms. The molecule has 218 valence electrons. The molecule has 1 aromatic heterocycles. The Morgan fingerprint density at radius 2 is 1.41 bits per heavy atom. The molecule has 3 rings (SSSR count). The molecule has 2 aromatic carbocycles. The van der Waals surface area contributed by atoms with Gasteiger partial charge in [0.15, 0.2) is 17.2 Å². The van der Waals surface area contributed by atoms with Crippen LogP contribution in [-0.4, -0.2) is 42.7 Å². The third kappa shape index (κ3) is 8.57. The first kappa shape index (κ1) is 31.2. The molecule has 41 heavy (non-hydrogen) atoms. The fourth-order valence-corrected chi connectivity index (χ4v) is 4.14. The summed E-state index contributed by atoms with van der Waals surface area (Å²) in [5, 5.41) is 0. The molecule has 1 heterocycles. The molecule has 0 bridgehead atoms. The lowest BCUT2D eigenvalue weighted by molar-refractivity contribution is -0.153. The van der Waals surface area contributed by atoms with Gasteiger partial charge in [0.2, 0.25) is 5.75 Å². The van der Waals surface area contributed by atoms with Crippen molar-refractivity contribution in [3.63, 3.8) is 0 Å². The van der Waals surface area contributed by atoms with Gasteiger partial charge in [0.1, 0.15) is 17.7 Å². The highest BCUT2D eigenvalue weighted by Crippen LogP contribution is 2.33. The number of rotatable bonds is 12. The Labute approximate surface area is 237 Å². The molecule has 0 saturated heterocycles. The van der Waals surface area contributed by atoms with Crippen molar-refractivity contribution in [3.05, 3.63) is 89.2 Å². The number of methoxy groups -OCH3 is 1. The van der Waals surface area contributed by atoms with Gasteiger partial charge in [0.25, 0.3) is 0 Å².